The summed E-state index contributed by atoms with van der Waals surface area (Å²) >= 11 is 0. The highest BCUT2D eigenvalue weighted by Gasteiger charge is 2.46. The first kappa shape index (κ1) is 15.4. The second-order valence-corrected chi connectivity index (χ2v) is 6.62. The molecule has 3 rings (SSSR count). The lowest BCUT2D eigenvalue weighted by molar-refractivity contribution is -0.149. The molecule has 0 saturated heterocycles. The Morgan fingerprint density at radius 1 is 1.14 bits per heavy atom. The lowest BCUT2D eigenvalue weighted by Gasteiger charge is -2.45. The number of fused-ring (bicyclic) bond motifs is 2. The van der Waals surface area contributed by atoms with E-state index in [9.17, 15) is 13.6 Å². The van der Waals surface area contributed by atoms with Crippen molar-refractivity contribution in [2.24, 2.45) is 17.6 Å². The lowest BCUT2D eigenvalue weighted by atomic mass is 9.67. The van der Waals surface area contributed by atoms with Crippen LogP contribution in [0, 0.1) is 11.8 Å². The third-order valence-corrected chi connectivity index (χ3v) is 5.10. The SMILES string of the molecule is NC1CC2CCCC(C1)C2NC(=O)C(F)(F)c1ccccc1. The quantitative estimate of drug-likeness (QED) is 0.902. The van der Waals surface area contributed by atoms with Crippen LogP contribution in [0.15, 0.2) is 30.3 Å². The number of rotatable bonds is 3. The van der Waals surface area contributed by atoms with Crippen molar-refractivity contribution in [2.45, 2.75) is 50.1 Å². The molecule has 1 amide bonds. The van der Waals surface area contributed by atoms with Crippen molar-refractivity contribution in [3.05, 3.63) is 35.9 Å². The minimum Gasteiger partial charge on any atom is -0.347 e. The van der Waals surface area contributed by atoms with Crippen LogP contribution in [0.5, 0.6) is 0 Å². The first-order valence-corrected chi connectivity index (χ1v) is 7.98. The number of halogens is 2. The van der Waals surface area contributed by atoms with E-state index in [2.05, 4.69) is 5.32 Å². The van der Waals surface area contributed by atoms with Gasteiger partial charge in [0.15, 0.2) is 0 Å². The number of hydrogen-bond donors (Lipinski definition) is 2. The highest BCUT2D eigenvalue weighted by Crippen LogP contribution is 2.40. The van der Waals surface area contributed by atoms with Crippen LogP contribution in [0.4, 0.5) is 8.78 Å². The first-order chi connectivity index (χ1) is 10.5. The average molecular weight is 308 g/mol. The largest absolute Gasteiger partial charge is 0.349 e. The number of amides is 1. The summed E-state index contributed by atoms with van der Waals surface area (Å²) in [5, 5.41) is 2.64. The van der Waals surface area contributed by atoms with Crippen molar-refractivity contribution in [1.29, 1.82) is 0 Å². The fourth-order valence-electron chi connectivity index (χ4n) is 4.05. The summed E-state index contributed by atoms with van der Waals surface area (Å²) in [4.78, 5) is 12.2. The number of nitrogens with one attached hydrogen (secondary N) is 1. The lowest BCUT2D eigenvalue weighted by Crippen LogP contribution is -2.56. The van der Waals surface area contributed by atoms with Crippen LogP contribution in [-0.2, 0) is 10.7 Å². The van der Waals surface area contributed by atoms with Gasteiger partial charge in [-0.2, -0.15) is 8.78 Å². The van der Waals surface area contributed by atoms with Gasteiger partial charge in [-0.05, 0) is 37.5 Å². The van der Waals surface area contributed by atoms with Crippen LogP contribution in [0.1, 0.15) is 37.7 Å². The molecule has 2 atom stereocenters. The highest BCUT2D eigenvalue weighted by atomic mass is 19.3. The van der Waals surface area contributed by atoms with E-state index in [1.165, 1.54) is 24.3 Å². The van der Waals surface area contributed by atoms with E-state index in [0.29, 0.717) is 0 Å². The normalized spacial score (nSPS) is 31.6. The first-order valence-electron chi connectivity index (χ1n) is 7.98. The Hall–Kier alpha value is -1.49. The van der Waals surface area contributed by atoms with Crippen LogP contribution in [0.25, 0.3) is 0 Å². The standard InChI is InChI=1S/C17H22F2N2O/c18-17(19,13-7-2-1-3-8-13)16(22)21-15-11-5-4-6-12(15)10-14(20)9-11/h1-3,7-8,11-12,14-15H,4-6,9-10,20H2,(H,21,22). The maximum absolute atomic E-state index is 14.3. The predicted molar refractivity (Wildman–Crippen MR) is 80.3 cm³/mol. The van der Waals surface area contributed by atoms with Gasteiger partial charge >= 0.3 is 5.92 Å². The van der Waals surface area contributed by atoms with Gasteiger partial charge in [0.25, 0.3) is 5.91 Å². The maximum Gasteiger partial charge on any atom is 0.349 e. The summed E-state index contributed by atoms with van der Waals surface area (Å²) in [5.74, 6) is -4.21. The zero-order chi connectivity index (χ0) is 15.7. The number of carbonyl (C=O) groups excluding carboxylic acids is 1. The summed E-state index contributed by atoms with van der Waals surface area (Å²) in [7, 11) is 0. The van der Waals surface area contributed by atoms with E-state index in [1.807, 2.05) is 0 Å². The number of benzene rings is 1. The van der Waals surface area contributed by atoms with E-state index in [-0.39, 0.29) is 29.5 Å². The van der Waals surface area contributed by atoms with Crippen LogP contribution >= 0.6 is 0 Å². The molecule has 2 fully saturated rings. The molecule has 3 nitrogen and oxygen atoms in total. The predicted octanol–water partition coefficient (Wildman–Crippen LogP) is 2.80. The molecular weight excluding hydrogens is 286 g/mol. The number of nitrogens with two attached hydrogens (primary N) is 1. The molecule has 0 aromatic heterocycles. The molecule has 5 heteroatoms. The van der Waals surface area contributed by atoms with E-state index in [4.69, 9.17) is 5.73 Å². The number of hydrogen-bond acceptors (Lipinski definition) is 2. The topological polar surface area (TPSA) is 55.1 Å². The van der Waals surface area contributed by atoms with E-state index in [1.54, 1.807) is 6.07 Å². The Kier molecular flexibility index (Phi) is 4.17. The molecule has 22 heavy (non-hydrogen) atoms. The zero-order valence-corrected chi connectivity index (χ0v) is 12.5. The van der Waals surface area contributed by atoms with Gasteiger partial charge in [-0.1, -0.05) is 36.8 Å². The summed E-state index contributed by atoms with van der Waals surface area (Å²) < 4.78 is 28.6. The van der Waals surface area contributed by atoms with Gasteiger partial charge in [0.05, 0.1) is 0 Å². The summed E-state index contributed by atoms with van der Waals surface area (Å²) in [6.07, 6.45) is 4.67. The van der Waals surface area contributed by atoms with Crippen molar-refractivity contribution in [1.82, 2.24) is 5.32 Å². The van der Waals surface area contributed by atoms with Crippen LogP contribution in [0.3, 0.4) is 0 Å². The van der Waals surface area contributed by atoms with Gasteiger partial charge < -0.3 is 11.1 Å². The number of alkyl halides is 2. The van der Waals surface area contributed by atoms with Gasteiger partial charge in [0.2, 0.25) is 0 Å². The Morgan fingerprint density at radius 3 is 2.32 bits per heavy atom. The monoisotopic (exact) mass is 308 g/mol. The van der Waals surface area contributed by atoms with Gasteiger partial charge in [-0.25, -0.2) is 0 Å². The van der Waals surface area contributed by atoms with Crippen LogP contribution in [-0.4, -0.2) is 18.0 Å². The smallest absolute Gasteiger partial charge is 0.347 e. The molecule has 120 valence electrons. The van der Waals surface area contributed by atoms with Crippen molar-refractivity contribution in [2.75, 3.05) is 0 Å². The van der Waals surface area contributed by atoms with Crippen LogP contribution in [0.2, 0.25) is 0 Å². The third-order valence-electron chi connectivity index (χ3n) is 5.10. The van der Waals surface area contributed by atoms with Crippen molar-refractivity contribution in [3.8, 4) is 0 Å². The second kappa shape index (κ2) is 5.95. The molecule has 2 aliphatic carbocycles. The highest BCUT2D eigenvalue weighted by molar-refractivity contribution is 5.85. The van der Waals surface area contributed by atoms with Crippen molar-refractivity contribution < 1.29 is 13.6 Å². The molecule has 2 aliphatic rings. The summed E-state index contributed by atoms with van der Waals surface area (Å²) in [6.45, 7) is 0. The van der Waals surface area contributed by atoms with Gasteiger partial charge in [-0.3, -0.25) is 4.79 Å². The fraction of sp³-hybridized carbons (Fsp3) is 0.588. The van der Waals surface area contributed by atoms with E-state index in [0.717, 1.165) is 32.1 Å². The van der Waals surface area contributed by atoms with Gasteiger partial charge in [0, 0.05) is 17.6 Å². The minimum absolute atomic E-state index is 0.137. The Balaban J connectivity index is 1.74. The molecule has 2 saturated carbocycles. The molecule has 3 N–H and O–H groups in total. The van der Waals surface area contributed by atoms with Crippen LogP contribution < -0.4 is 11.1 Å². The molecule has 2 bridgehead atoms. The summed E-state index contributed by atoms with van der Waals surface area (Å²) in [6, 6.07) is 7.25. The van der Waals surface area contributed by atoms with E-state index < -0.39 is 11.8 Å². The summed E-state index contributed by atoms with van der Waals surface area (Å²) in [5.41, 5.74) is 5.77. The Morgan fingerprint density at radius 2 is 1.73 bits per heavy atom. The molecule has 0 heterocycles. The Labute approximate surface area is 129 Å². The maximum atomic E-state index is 14.3. The van der Waals surface area contributed by atoms with Crippen molar-refractivity contribution >= 4 is 5.91 Å². The number of carbonyl (C=O) groups is 1. The third kappa shape index (κ3) is 2.86. The molecule has 0 radical (unpaired) electrons. The molecule has 1 aromatic carbocycles. The average Bonchev–Trinajstić information content (AvgIpc) is 2.49. The zero-order valence-electron chi connectivity index (χ0n) is 12.5. The fourth-order valence-corrected chi connectivity index (χ4v) is 4.05. The molecule has 0 spiro atoms. The second-order valence-electron chi connectivity index (χ2n) is 6.62. The Bertz CT molecular complexity index is 521. The minimum atomic E-state index is -3.49. The van der Waals surface area contributed by atoms with Gasteiger partial charge in [-0.15, -0.1) is 0 Å². The molecule has 2 unspecified atom stereocenters. The van der Waals surface area contributed by atoms with Crippen molar-refractivity contribution in [3.63, 3.8) is 0 Å². The van der Waals surface area contributed by atoms with E-state index >= 15 is 0 Å². The molecule has 0 aliphatic heterocycles. The molecular formula is C17H22F2N2O. The van der Waals surface area contributed by atoms with Gasteiger partial charge in [0.1, 0.15) is 0 Å². The molecule has 1 aromatic rings.